The molecule has 0 saturated heterocycles. The minimum atomic E-state index is -8.82. The van der Waals surface area contributed by atoms with Gasteiger partial charge in [-0.1, -0.05) is 0 Å². The Balaban J connectivity index is 6.40. The molecule has 0 aromatic heterocycles. The molecule has 0 aromatic rings. The van der Waals surface area contributed by atoms with E-state index in [9.17, 15) is 83.1 Å². The van der Waals surface area contributed by atoms with Crippen LogP contribution in [-0.2, 0) is 9.84 Å². The van der Waals surface area contributed by atoms with Gasteiger partial charge in [-0.3, -0.25) is 0 Å². The lowest BCUT2D eigenvalue weighted by atomic mass is 9.91. The third kappa shape index (κ3) is 5.69. The number of alkyl halides is 17. The number of quaternary nitrogens is 1. The van der Waals surface area contributed by atoms with E-state index in [0.717, 1.165) is 0 Å². The summed E-state index contributed by atoms with van der Waals surface area (Å²) in [5, 5.41) is -5.95. The van der Waals surface area contributed by atoms with Gasteiger partial charge in [0.1, 0.15) is 5.88 Å². The fourth-order valence-electron chi connectivity index (χ4n) is 2.32. The third-order valence-corrected chi connectivity index (χ3v) is 6.18. The first-order valence-electron chi connectivity index (χ1n) is 9.15. The number of halogens is 17. The molecule has 0 heterocycles. The first-order valence-corrected chi connectivity index (χ1v) is 10.8. The molecule has 0 unspecified atom stereocenters. The fraction of sp³-hybridized carbons (Fsp3) is 1.00. The highest BCUT2D eigenvalue weighted by Crippen LogP contribution is 2.64. The maximum Gasteiger partial charge on any atom is 0.460 e. The van der Waals surface area contributed by atoms with Crippen LogP contribution < -0.4 is 5.32 Å². The average molecular weight is 613 g/mol. The SMILES string of the molecule is C[N+](C)(C)CCCNCS(=O)(=O)C(F)(F)C(F)(F)C(F)(F)C(F)(F)C(F)(F)C(F)(F)C(F)(F)C(F)(F)F. The summed E-state index contributed by atoms with van der Waals surface area (Å²) in [5.41, 5.74) is 0. The topological polar surface area (TPSA) is 46.2 Å². The first kappa shape index (κ1) is 35.7. The van der Waals surface area contributed by atoms with Crippen molar-refractivity contribution in [3.05, 3.63) is 0 Å². The van der Waals surface area contributed by atoms with Gasteiger partial charge in [-0.2, -0.15) is 74.6 Å². The van der Waals surface area contributed by atoms with Crippen molar-refractivity contribution in [1.29, 1.82) is 0 Å². The monoisotopic (exact) mass is 613 g/mol. The number of nitrogens with zero attached hydrogens (tertiary/aromatic N) is 1. The molecular weight excluding hydrogens is 595 g/mol. The molecule has 0 rings (SSSR count). The average Bonchev–Trinajstić information content (AvgIpc) is 2.64. The van der Waals surface area contributed by atoms with Gasteiger partial charge in [-0.15, -0.1) is 0 Å². The number of sulfone groups is 1. The Morgan fingerprint density at radius 2 is 0.892 bits per heavy atom. The molecule has 0 aliphatic carbocycles. The quantitative estimate of drug-likeness (QED) is 0.181. The molecule has 0 fully saturated rings. The van der Waals surface area contributed by atoms with Crippen LogP contribution in [0.2, 0.25) is 0 Å². The van der Waals surface area contributed by atoms with E-state index in [0.29, 0.717) is 0 Å². The van der Waals surface area contributed by atoms with Crippen molar-refractivity contribution in [3.8, 4) is 0 Å². The van der Waals surface area contributed by atoms with Crippen molar-refractivity contribution >= 4 is 9.84 Å². The molecule has 0 radical (unpaired) electrons. The van der Waals surface area contributed by atoms with Gasteiger partial charge in [0.2, 0.25) is 9.84 Å². The normalized spacial score (nSPS) is 16.3. The number of rotatable bonds is 13. The largest absolute Gasteiger partial charge is 0.460 e. The van der Waals surface area contributed by atoms with Gasteiger partial charge < -0.3 is 9.80 Å². The van der Waals surface area contributed by atoms with Crippen molar-refractivity contribution < 1.29 is 87.5 Å². The molecule has 37 heavy (non-hydrogen) atoms. The Bertz CT molecular complexity index is 907. The van der Waals surface area contributed by atoms with E-state index in [-0.39, 0.29) is 17.4 Å². The van der Waals surface area contributed by atoms with E-state index in [1.54, 1.807) is 21.1 Å². The molecule has 0 aliphatic heterocycles. The molecule has 0 amide bonds. The molecule has 1 N–H and O–H groups in total. The van der Waals surface area contributed by atoms with Gasteiger partial charge in [-0.25, -0.2) is 8.42 Å². The zero-order chi connectivity index (χ0) is 30.5. The second-order valence-corrected chi connectivity index (χ2v) is 10.6. The van der Waals surface area contributed by atoms with Crippen molar-refractivity contribution in [2.45, 2.75) is 53.4 Å². The van der Waals surface area contributed by atoms with Crippen molar-refractivity contribution in [2.24, 2.45) is 0 Å². The summed E-state index contributed by atoms with van der Waals surface area (Å²) in [6, 6.07) is 0. The Labute approximate surface area is 197 Å². The fourth-order valence-corrected chi connectivity index (χ4v) is 3.43. The summed E-state index contributed by atoms with van der Waals surface area (Å²) < 4.78 is 248. The summed E-state index contributed by atoms with van der Waals surface area (Å²) in [4.78, 5) is 0. The lowest BCUT2D eigenvalue weighted by Gasteiger charge is -2.42. The molecule has 0 aromatic carbocycles. The zero-order valence-electron chi connectivity index (χ0n) is 18.4. The zero-order valence-corrected chi connectivity index (χ0v) is 19.2. The van der Waals surface area contributed by atoms with Crippen LogP contribution in [-0.4, -0.2) is 100.0 Å². The second-order valence-electron chi connectivity index (χ2n) is 8.59. The highest BCUT2D eigenvalue weighted by Gasteiger charge is 2.96. The van der Waals surface area contributed by atoms with Crippen LogP contribution >= 0.6 is 0 Å². The van der Waals surface area contributed by atoms with Crippen molar-refractivity contribution in [2.75, 3.05) is 40.1 Å². The molecule has 4 nitrogen and oxygen atoms in total. The standard InChI is InChI=1S/C15H18F17N2O2S/c1-34(2,3)6-4-5-33-7-37(35,36)15(31,32)13(26,27)11(22,23)9(18,19)8(16,17)10(20,21)12(24,25)14(28,29)30/h33H,4-7H2,1-3H3/q+1. The van der Waals surface area contributed by atoms with Gasteiger partial charge in [-0.05, 0) is 0 Å². The van der Waals surface area contributed by atoms with Crippen LogP contribution in [0.15, 0.2) is 0 Å². The van der Waals surface area contributed by atoms with Crippen LogP contribution in [0.1, 0.15) is 6.42 Å². The predicted molar refractivity (Wildman–Crippen MR) is 90.0 cm³/mol. The van der Waals surface area contributed by atoms with Crippen LogP contribution in [0.25, 0.3) is 0 Å². The van der Waals surface area contributed by atoms with Crippen LogP contribution in [0.4, 0.5) is 74.6 Å². The molecular formula is C15H18F17N2O2S+. The summed E-state index contributed by atoms with van der Waals surface area (Å²) >= 11 is 0. The van der Waals surface area contributed by atoms with Crippen molar-refractivity contribution in [3.63, 3.8) is 0 Å². The molecule has 0 bridgehead atoms. The van der Waals surface area contributed by atoms with E-state index in [1.165, 1.54) is 5.32 Å². The molecule has 0 aliphatic rings. The van der Waals surface area contributed by atoms with Gasteiger partial charge in [0, 0.05) is 13.0 Å². The molecule has 0 spiro atoms. The summed E-state index contributed by atoms with van der Waals surface area (Å²) in [6.07, 6.45) is -7.96. The Morgan fingerprint density at radius 1 is 0.568 bits per heavy atom. The van der Waals surface area contributed by atoms with Crippen LogP contribution in [0.3, 0.4) is 0 Å². The highest BCUT2D eigenvalue weighted by atomic mass is 32.2. The minimum absolute atomic E-state index is 0.0933. The molecule has 0 atom stereocenters. The Hall–Kier alpha value is -1.32. The lowest BCUT2D eigenvalue weighted by Crippen LogP contribution is -2.75. The molecule has 22 heteroatoms. The summed E-state index contributed by atoms with van der Waals surface area (Å²) in [7, 11) is -2.38. The maximum absolute atomic E-state index is 13.9. The summed E-state index contributed by atoms with van der Waals surface area (Å²) in [6.45, 7) is -0.449. The van der Waals surface area contributed by atoms with E-state index in [4.69, 9.17) is 0 Å². The van der Waals surface area contributed by atoms with E-state index < -0.39 is 69.2 Å². The molecule has 224 valence electrons. The maximum atomic E-state index is 13.9. The summed E-state index contributed by atoms with van der Waals surface area (Å²) in [5.74, 6) is -53.9. The Morgan fingerprint density at radius 3 is 1.22 bits per heavy atom. The van der Waals surface area contributed by atoms with E-state index in [2.05, 4.69) is 0 Å². The highest BCUT2D eigenvalue weighted by molar-refractivity contribution is 7.92. The smallest absolute Gasteiger partial charge is 0.331 e. The van der Waals surface area contributed by atoms with Crippen LogP contribution in [0, 0.1) is 0 Å². The number of hydrogen-bond donors (Lipinski definition) is 1. The lowest BCUT2D eigenvalue weighted by molar-refractivity contribution is -0.870. The third-order valence-electron chi connectivity index (χ3n) is 4.56. The second kappa shape index (κ2) is 9.70. The number of nitrogens with one attached hydrogen (secondary N) is 1. The molecule has 0 saturated carbocycles. The van der Waals surface area contributed by atoms with E-state index >= 15 is 0 Å². The van der Waals surface area contributed by atoms with E-state index in [1.807, 2.05) is 0 Å². The van der Waals surface area contributed by atoms with Gasteiger partial charge in [0.25, 0.3) is 0 Å². The van der Waals surface area contributed by atoms with Crippen LogP contribution in [0.5, 0.6) is 0 Å². The first-order chi connectivity index (χ1) is 15.7. The van der Waals surface area contributed by atoms with Gasteiger partial charge in [0.15, 0.2) is 0 Å². The van der Waals surface area contributed by atoms with Crippen molar-refractivity contribution in [1.82, 2.24) is 5.32 Å². The number of hydrogen-bond acceptors (Lipinski definition) is 3. The van der Waals surface area contributed by atoms with Gasteiger partial charge >= 0.3 is 47.0 Å². The minimum Gasteiger partial charge on any atom is -0.331 e. The predicted octanol–water partition coefficient (Wildman–Crippen LogP) is 5.01. The Kier molecular flexibility index (Phi) is 9.35. The van der Waals surface area contributed by atoms with Gasteiger partial charge in [0.05, 0.1) is 27.7 Å².